The average molecular weight is 364 g/mol. The van der Waals surface area contributed by atoms with Crippen molar-refractivity contribution in [3.8, 4) is 5.88 Å². The molecule has 1 aliphatic heterocycles. The number of aryl methyl sites for hydroxylation is 1. The van der Waals surface area contributed by atoms with E-state index in [9.17, 15) is 4.79 Å². The summed E-state index contributed by atoms with van der Waals surface area (Å²) >= 11 is 1.96. The highest BCUT2D eigenvalue weighted by molar-refractivity contribution is 7.99. The van der Waals surface area contributed by atoms with Crippen molar-refractivity contribution >= 4 is 17.7 Å². The van der Waals surface area contributed by atoms with Crippen molar-refractivity contribution in [3.63, 3.8) is 0 Å². The lowest BCUT2D eigenvalue weighted by Crippen LogP contribution is -2.41. The van der Waals surface area contributed by atoms with Crippen LogP contribution in [0.4, 0.5) is 0 Å². The van der Waals surface area contributed by atoms with E-state index in [0.29, 0.717) is 17.5 Å². The maximum Gasteiger partial charge on any atom is 0.256 e. The lowest BCUT2D eigenvalue weighted by atomic mass is 9.91. The van der Waals surface area contributed by atoms with Crippen LogP contribution < -0.4 is 15.4 Å². The van der Waals surface area contributed by atoms with E-state index in [4.69, 9.17) is 4.74 Å². The number of aromatic nitrogens is 1. The number of hydrogen-bond acceptors (Lipinski definition) is 5. The van der Waals surface area contributed by atoms with Crippen molar-refractivity contribution in [3.05, 3.63) is 23.4 Å². The number of ether oxygens (including phenoxy) is 1. The van der Waals surface area contributed by atoms with Crippen LogP contribution in [-0.4, -0.2) is 47.6 Å². The van der Waals surface area contributed by atoms with Crippen LogP contribution in [0.15, 0.2) is 12.3 Å². The highest BCUT2D eigenvalue weighted by Gasteiger charge is 2.25. The lowest BCUT2D eigenvalue weighted by molar-refractivity contribution is 0.0914. The fraction of sp³-hybridized carbons (Fsp3) is 0.684. The fourth-order valence-electron chi connectivity index (χ4n) is 3.55. The molecule has 1 aromatic heterocycles. The summed E-state index contributed by atoms with van der Waals surface area (Å²) in [5.74, 6) is 2.67. The van der Waals surface area contributed by atoms with E-state index < -0.39 is 0 Å². The van der Waals surface area contributed by atoms with Crippen LogP contribution in [0, 0.1) is 6.92 Å². The summed E-state index contributed by atoms with van der Waals surface area (Å²) in [5.41, 5.74) is 1.56. The summed E-state index contributed by atoms with van der Waals surface area (Å²) in [6.07, 6.45) is 8.26. The minimum atomic E-state index is -0.0516. The molecule has 1 saturated heterocycles. The van der Waals surface area contributed by atoms with Gasteiger partial charge in [0, 0.05) is 18.3 Å². The lowest BCUT2D eigenvalue weighted by Gasteiger charge is -2.29. The molecule has 2 N–H and O–H groups in total. The van der Waals surface area contributed by atoms with Gasteiger partial charge in [-0.05, 0) is 75.6 Å². The molecule has 2 fully saturated rings. The van der Waals surface area contributed by atoms with Gasteiger partial charge in [0.25, 0.3) is 5.91 Å². The Hall–Kier alpha value is -1.27. The highest BCUT2D eigenvalue weighted by Crippen LogP contribution is 2.25. The molecular weight excluding hydrogens is 334 g/mol. The quantitative estimate of drug-likeness (QED) is 0.842. The molecule has 25 heavy (non-hydrogen) atoms. The molecule has 0 bridgehead atoms. The number of nitrogens with zero attached hydrogens (tertiary/aromatic N) is 1. The van der Waals surface area contributed by atoms with E-state index in [-0.39, 0.29) is 18.1 Å². The van der Waals surface area contributed by atoms with Gasteiger partial charge in [-0.3, -0.25) is 4.79 Å². The minimum Gasteiger partial charge on any atom is -0.474 e. The summed E-state index contributed by atoms with van der Waals surface area (Å²) in [7, 11) is 2.01. The Morgan fingerprint density at radius 1 is 1.16 bits per heavy atom. The van der Waals surface area contributed by atoms with E-state index >= 15 is 0 Å². The Bertz CT molecular complexity index is 582. The summed E-state index contributed by atoms with van der Waals surface area (Å²) in [6.45, 7) is 1.96. The molecule has 0 atom stereocenters. The van der Waals surface area contributed by atoms with Crippen LogP contribution >= 0.6 is 11.8 Å². The number of carbonyl (C=O) groups excluding carboxylic acids is 1. The molecule has 5 nitrogen and oxygen atoms in total. The maximum absolute atomic E-state index is 12.8. The molecule has 1 aromatic rings. The van der Waals surface area contributed by atoms with Gasteiger partial charge < -0.3 is 15.4 Å². The number of amides is 1. The molecule has 3 rings (SSSR count). The van der Waals surface area contributed by atoms with Gasteiger partial charge in [-0.15, -0.1) is 0 Å². The van der Waals surface area contributed by atoms with E-state index in [1.165, 1.54) is 0 Å². The van der Waals surface area contributed by atoms with Gasteiger partial charge >= 0.3 is 0 Å². The highest BCUT2D eigenvalue weighted by atomic mass is 32.2. The summed E-state index contributed by atoms with van der Waals surface area (Å²) in [5, 5.41) is 6.52. The van der Waals surface area contributed by atoms with Crippen LogP contribution in [0.25, 0.3) is 0 Å². The third-order valence-electron chi connectivity index (χ3n) is 5.15. The number of nitrogens with one attached hydrogen (secondary N) is 2. The molecule has 138 valence electrons. The van der Waals surface area contributed by atoms with Crippen LogP contribution in [-0.2, 0) is 0 Å². The number of pyridine rings is 1. The first-order valence-corrected chi connectivity index (χ1v) is 10.5. The fourth-order valence-corrected chi connectivity index (χ4v) is 4.62. The minimum absolute atomic E-state index is 0.0516. The first kappa shape index (κ1) is 18.5. The molecule has 1 aliphatic carbocycles. The normalized spacial score (nSPS) is 24.7. The Balaban J connectivity index is 1.65. The zero-order chi connectivity index (χ0) is 17.6. The third-order valence-corrected chi connectivity index (χ3v) is 6.20. The molecule has 2 aliphatic rings. The zero-order valence-electron chi connectivity index (χ0n) is 15.2. The topological polar surface area (TPSA) is 63.2 Å². The van der Waals surface area contributed by atoms with Crippen LogP contribution in [0.1, 0.15) is 54.4 Å². The van der Waals surface area contributed by atoms with Gasteiger partial charge in [0.1, 0.15) is 11.7 Å². The second-order valence-electron chi connectivity index (χ2n) is 7.11. The molecule has 1 saturated carbocycles. The van der Waals surface area contributed by atoms with Gasteiger partial charge in [-0.25, -0.2) is 4.98 Å². The van der Waals surface area contributed by atoms with Crippen LogP contribution in [0.5, 0.6) is 5.88 Å². The number of carbonyl (C=O) groups is 1. The predicted octanol–water partition coefficient (Wildman–Crippen LogP) is 2.92. The molecular formula is C19H29N3O2S. The van der Waals surface area contributed by atoms with Gasteiger partial charge in [0.05, 0.1) is 0 Å². The van der Waals surface area contributed by atoms with E-state index in [1.807, 2.05) is 31.8 Å². The maximum atomic E-state index is 12.8. The standard InChI is InChI=1S/C19H29N3O2S/c1-13-11-17(18(23)22-15-5-3-14(20-2)4-6-15)19(21-12-13)24-16-7-9-25-10-8-16/h11-12,14-16,20H,3-10H2,1-2H3,(H,22,23). The van der Waals surface area contributed by atoms with Crippen molar-refractivity contribution in [1.82, 2.24) is 15.6 Å². The zero-order valence-corrected chi connectivity index (χ0v) is 16.0. The van der Waals surface area contributed by atoms with Gasteiger partial charge in [-0.1, -0.05) is 0 Å². The van der Waals surface area contributed by atoms with Gasteiger partial charge in [0.2, 0.25) is 5.88 Å². The SMILES string of the molecule is CNC1CCC(NC(=O)c2cc(C)cnc2OC2CCSCC2)CC1. The van der Waals surface area contributed by atoms with Crippen molar-refractivity contribution in [2.45, 2.75) is 63.6 Å². The monoisotopic (exact) mass is 363 g/mol. The smallest absolute Gasteiger partial charge is 0.256 e. The van der Waals surface area contributed by atoms with Crippen LogP contribution in [0.3, 0.4) is 0 Å². The third kappa shape index (κ3) is 5.11. The first-order chi connectivity index (χ1) is 12.2. The summed E-state index contributed by atoms with van der Waals surface area (Å²) in [4.78, 5) is 17.2. The number of hydrogen-bond donors (Lipinski definition) is 2. The predicted molar refractivity (Wildman–Crippen MR) is 103 cm³/mol. The molecule has 6 heteroatoms. The second kappa shape index (κ2) is 8.90. The van der Waals surface area contributed by atoms with Gasteiger partial charge in [0.15, 0.2) is 0 Å². The Kier molecular flexibility index (Phi) is 6.59. The molecule has 1 amide bonds. The van der Waals surface area contributed by atoms with Crippen LogP contribution in [0.2, 0.25) is 0 Å². The van der Waals surface area contributed by atoms with Crippen molar-refractivity contribution in [1.29, 1.82) is 0 Å². The first-order valence-electron chi connectivity index (χ1n) is 9.35. The Morgan fingerprint density at radius 3 is 2.52 bits per heavy atom. The Labute approximate surface area is 154 Å². The Morgan fingerprint density at radius 2 is 1.84 bits per heavy atom. The summed E-state index contributed by atoms with van der Waals surface area (Å²) < 4.78 is 6.09. The van der Waals surface area contributed by atoms with Gasteiger partial charge in [-0.2, -0.15) is 11.8 Å². The largest absolute Gasteiger partial charge is 0.474 e. The average Bonchev–Trinajstić information content (AvgIpc) is 2.64. The van der Waals surface area contributed by atoms with Crippen molar-refractivity contribution < 1.29 is 9.53 Å². The molecule has 0 spiro atoms. The van der Waals surface area contributed by atoms with Crippen molar-refractivity contribution in [2.75, 3.05) is 18.6 Å². The molecule has 2 heterocycles. The molecule has 0 radical (unpaired) electrons. The second-order valence-corrected chi connectivity index (χ2v) is 8.33. The van der Waals surface area contributed by atoms with E-state index in [1.54, 1.807) is 6.20 Å². The number of rotatable bonds is 5. The molecule has 0 aromatic carbocycles. The number of thioether (sulfide) groups is 1. The summed E-state index contributed by atoms with van der Waals surface area (Å²) in [6, 6.07) is 2.72. The molecule has 0 unspecified atom stereocenters. The van der Waals surface area contributed by atoms with E-state index in [0.717, 1.165) is 55.6 Å². The van der Waals surface area contributed by atoms with Crippen molar-refractivity contribution in [2.24, 2.45) is 0 Å². The van der Waals surface area contributed by atoms with E-state index in [2.05, 4.69) is 15.6 Å².